The van der Waals surface area contributed by atoms with Crippen LogP contribution in [0.3, 0.4) is 0 Å². The van der Waals surface area contributed by atoms with Gasteiger partial charge in [0.1, 0.15) is 5.75 Å². The van der Waals surface area contributed by atoms with Crippen molar-refractivity contribution in [3.63, 3.8) is 0 Å². The van der Waals surface area contributed by atoms with Gasteiger partial charge in [0.05, 0.1) is 13.2 Å². The smallest absolute Gasteiger partial charge is 0.258 e. The monoisotopic (exact) mass is 341 g/mol. The Kier molecular flexibility index (Phi) is 7.48. The fourth-order valence-corrected chi connectivity index (χ4v) is 2.46. The molecule has 1 amide bonds. The number of ether oxygens (including phenoxy) is 2. The molecule has 1 N–H and O–H groups in total. The number of benzene rings is 2. The third-order valence-electron chi connectivity index (χ3n) is 3.83. The lowest BCUT2D eigenvalue weighted by molar-refractivity contribution is -0.123. The first-order valence-corrected chi connectivity index (χ1v) is 8.68. The predicted molar refractivity (Wildman–Crippen MR) is 99.9 cm³/mol. The minimum absolute atomic E-state index is 0.0157. The zero-order valence-electron chi connectivity index (χ0n) is 15.2. The summed E-state index contributed by atoms with van der Waals surface area (Å²) in [4.78, 5) is 11.9. The molecule has 0 aromatic heterocycles. The summed E-state index contributed by atoms with van der Waals surface area (Å²) >= 11 is 0. The maximum Gasteiger partial charge on any atom is 0.258 e. The van der Waals surface area contributed by atoms with Gasteiger partial charge in [-0.05, 0) is 35.6 Å². The molecule has 25 heavy (non-hydrogen) atoms. The van der Waals surface area contributed by atoms with Crippen LogP contribution in [0.4, 0.5) is 0 Å². The molecule has 0 unspecified atom stereocenters. The minimum atomic E-state index is -0.139. The van der Waals surface area contributed by atoms with Crippen molar-refractivity contribution >= 4 is 5.91 Å². The van der Waals surface area contributed by atoms with Crippen molar-refractivity contribution in [2.24, 2.45) is 0 Å². The standard InChI is InChI=1S/C21H27NO3/c1-16(2)19-10-9-17(3)13-20(19)25-15-21(23)22-11-12-24-14-18-7-5-4-6-8-18/h4-10,13,16H,11-12,14-15H2,1-3H3,(H,22,23). The Morgan fingerprint density at radius 1 is 1.12 bits per heavy atom. The Balaban J connectivity index is 1.68. The van der Waals surface area contributed by atoms with Crippen molar-refractivity contribution in [2.75, 3.05) is 19.8 Å². The minimum Gasteiger partial charge on any atom is -0.483 e. The molecule has 2 aromatic rings. The Bertz CT molecular complexity index is 668. The molecular weight excluding hydrogens is 314 g/mol. The molecular formula is C21H27NO3. The molecule has 0 fully saturated rings. The van der Waals surface area contributed by atoms with E-state index >= 15 is 0 Å². The first-order chi connectivity index (χ1) is 12.1. The number of nitrogens with one attached hydrogen (secondary N) is 1. The quantitative estimate of drug-likeness (QED) is 0.705. The van der Waals surface area contributed by atoms with Crippen LogP contribution in [0.15, 0.2) is 48.5 Å². The predicted octanol–water partition coefficient (Wildman–Crippen LogP) is 3.83. The van der Waals surface area contributed by atoms with Crippen LogP contribution in [-0.4, -0.2) is 25.7 Å². The van der Waals surface area contributed by atoms with Crippen LogP contribution in [-0.2, 0) is 16.1 Å². The van der Waals surface area contributed by atoms with E-state index in [0.717, 1.165) is 22.4 Å². The van der Waals surface area contributed by atoms with Crippen molar-refractivity contribution in [1.82, 2.24) is 5.32 Å². The first-order valence-electron chi connectivity index (χ1n) is 8.68. The molecule has 2 aromatic carbocycles. The lowest BCUT2D eigenvalue weighted by Crippen LogP contribution is -2.31. The summed E-state index contributed by atoms with van der Waals surface area (Å²) < 4.78 is 11.3. The highest BCUT2D eigenvalue weighted by atomic mass is 16.5. The Labute approximate surface area is 150 Å². The van der Waals surface area contributed by atoms with Crippen molar-refractivity contribution < 1.29 is 14.3 Å². The molecule has 0 radical (unpaired) electrons. The summed E-state index contributed by atoms with van der Waals surface area (Å²) in [6.45, 7) is 7.75. The Morgan fingerprint density at radius 2 is 1.88 bits per heavy atom. The first kappa shape index (κ1) is 19.0. The third-order valence-corrected chi connectivity index (χ3v) is 3.83. The van der Waals surface area contributed by atoms with E-state index < -0.39 is 0 Å². The SMILES string of the molecule is Cc1ccc(C(C)C)c(OCC(=O)NCCOCc2ccccc2)c1. The number of aryl methyl sites for hydroxylation is 1. The number of carbonyl (C=O) groups excluding carboxylic acids is 1. The molecule has 0 aliphatic carbocycles. The second kappa shape index (κ2) is 9.84. The average molecular weight is 341 g/mol. The van der Waals surface area contributed by atoms with Crippen LogP contribution < -0.4 is 10.1 Å². The zero-order chi connectivity index (χ0) is 18.1. The maximum absolute atomic E-state index is 11.9. The van der Waals surface area contributed by atoms with E-state index in [1.165, 1.54) is 0 Å². The van der Waals surface area contributed by atoms with Gasteiger partial charge in [0.15, 0.2) is 6.61 Å². The van der Waals surface area contributed by atoms with E-state index in [2.05, 4.69) is 31.3 Å². The highest BCUT2D eigenvalue weighted by molar-refractivity contribution is 5.77. The van der Waals surface area contributed by atoms with Crippen molar-refractivity contribution in [3.05, 3.63) is 65.2 Å². The zero-order valence-corrected chi connectivity index (χ0v) is 15.2. The van der Waals surface area contributed by atoms with Crippen molar-refractivity contribution in [1.29, 1.82) is 0 Å². The molecule has 4 heteroatoms. The van der Waals surface area contributed by atoms with Crippen LogP contribution in [0, 0.1) is 6.92 Å². The molecule has 0 atom stereocenters. The van der Waals surface area contributed by atoms with Gasteiger partial charge in [-0.3, -0.25) is 4.79 Å². The molecule has 134 valence electrons. The summed E-state index contributed by atoms with van der Waals surface area (Å²) in [5, 5.41) is 2.81. The van der Waals surface area contributed by atoms with E-state index in [4.69, 9.17) is 9.47 Å². The highest BCUT2D eigenvalue weighted by Gasteiger charge is 2.10. The molecule has 0 aliphatic rings. The topological polar surface area (TPSA) is 47.6 Å². The molecule has 0 heterocycles. The maximum atomic E-state index is 11.9. The number of rotatable bonds is 9. The van der Waals surface area contributed by atoms with Gasteiger partial charge >= 0.3 is 0 Å². The summed E-state index contributed by atoms with van der Waals surface area (Å²) in [6.07, 6.45) is 0. The van der Waals surface area contributed by atoms with Gasteiger partial charge < -0.3 is 14.8 Å². The largest absolute Gasteiger partial charge is 0.483 e. The molecule has 0 aliphatic heterocycles. The summed E-state index contributed by atoms with van der Waals surface area (Å²) in [5.74, 6) is 0.995. The number of hydrogen-bond acceptors (Lipinski definition) is 3. The van der Waals surface area contributed by atoms with Gasteiger partial charge in [-0.25, -0.2) is 0 Å². The van der Waals surface area contributed by atoms with Crippen molar-refractivity contribution in [2.45, 2.75) is 33.3 Å². The van der Waals surface area contributed by atoms with Crippen molar-refractivity contribution in [3.8, 4) is 5.75 Å². The van der Waals surface area contributed by atoms with Gasteiger partial charge in [0, 0.05) is 6.54 Å². The fourth-order valence-electron chi connectivity index (χ4n) is 2.46. The van der Waals surface area contributed by atoms with Crippen LogP contribution in [0.5, 0.6) is 5.75 Å². The Morgan fingerprint density at radius 3 is 2.60 bits per heavy atom. The van der Waals surface area contributed by atoms with Gasteiger partial charge in [-0.15, -0.1) is 0 Å². The third kappa shape index (κ3) is 6.59. The van der Waals surface area contributed by atoms with E-state index in [0.29, 0.717) is 25.7 Å². The lowest BCUT2D eigenvalue weighted by Gasteiger charge is -2.14. The normalized spacial score (nSPS) is 10.7. The van der Waals surface area contributed by atoms with E-state index in [-0.39, 0.29) is 12.5 Å². The number of hydrogen-bond donors (Lipinski definition) is 1. The molecule has 2 rings (SSSR count). The highest BCUT2D eigenvalue weighted by Crippen LogP contribution is 2.27. The van der Waals surface area contributed by atoms with Gasteiger partial charge in [0.2, 0.25) is 0 Å². The fraction of sp³-hybridized carbons (Fsp3) is 0.381. The molecule has 0 saturated heterocycles. The molecule has 4 nitrogen and oxygen atoms in total. The lowest BCUT2D eigenvalue weighted by atomic mass is 10.0. The summed E-state index contributed by atoms with van der Waals surface area (Å²) in [7, 11) is 0. The summed E-state index contributed by atoms with van der Waals surface area (Å²) in [5.41, 5.74) is 3.36. The molecule has 0 bridgehead atoms. The van der Waals surface area contributed by atoms with Crippen LogP contribution in [0.1, 0.15) is 36.5 Å². The van der Waals surface area contributed by atoms with Gasteiger partial charge in [0.25, 0.3) is 5.91 Å². The molecule has 0 spiro atoms. The van der Waals surface area contributed by atoms with Crippen LogP contribution >= 0.6 is 0 Å². The Hall–Kier alpha value is -2.33. The van der Waals surface area contributed by atoms with E-state index in [1.54, 1.807) is 0 Å². The molecule has 0 saturated carbocycles. The number of carbonyl (C=O) groups is 1. The van der Waals surface area contributed by atoms with Gasteiger partial charge in [-0.2, -0.15) is 0 Å². The number of amides is 1. The van der Waals surface area contributed by atoms with E-state index in [1.807, 2.05) is 43.3 Å². The second-order valence-electron chi connectivity index (χ2n) is 6.37. The van der Waals surface area contributed by atoms with Crippen LogP contribution in [0.25, 0.3) is 0 Å². The van der Waals surface area contributed by atoms with Crippen LogP contribution in [0.2, 0.25) is 0 Å². The second-order valence-corrected chi connectivity index (χ2v) is 6.37. The van der Waals surface area contributed by atoms with E-state index in [9.17, 15) is 4.79 Å². The average Bonchev–Trinajstić information content (AvgIpc) is 2.60. The summed E-state index contributed by atoms with van der Waals surface area (Å²) in [6, 6.07) is 16.1. The van der Waals surface area contributed by atoms with Gasteiger partial charge in [-0.1, -0.05) is 56.3 Å².